The van der Waals surface area contributed by atoms with Crippen LogP contribution in [0.5, 0.6) is 0 Å². The number of carbonyl (C=O) groups is 2. The predicted molar refractivity (Wildman–Crippen MR) is 98.7 cm³/mol. The summed E-state index contributed by atoms with van der Waals surface area (Å²) in [5.74, 6) is -0.498. The van der Waals surface area contributed by atoms with E-state index in [0.717, 1.165) is 12.1 Å². The molecule has 2 aromatic carbocycles. The highest BCUT2D eigenvalue weighted by Gasteiger charge is 2.41. The standard InChI is InChI=1S/C21H19N3O2/c1-14-10-15-6-2-5-9-19(15)24(14)21(26)17-11-20(25)23(13-17)18-8-4-3-7-16(18)12-22/h2-9,14,17H,10-11,13H2,1H3. The molecule has 1 fully saturated rings. The van der Waals surface area contributed by atoms with Gasteiger partial charge in [-0.1, -0.05) is 30.3 Å². The molecule has 0 radical (unpaired) electrons. The average Bonchev–Trinajstić information content (AvgIpc) is 3.20. The van der Waals surface area contributed by atoms with E-state index in [9.17, 15) is 14.9 Å². The van der Waals surface area contributed by atoms with E-state index in [0.29, 0.717) is 17.8 Å². The molecule has 4 rings (SSSR count). The molecule has 5 nitrogen and oxygen atoms in total. The van der Waals surface area contributed by atoms with E-state index < -0.39 is 0 Å². The van der Waals surface area contributed by atoms with Crippen LogP contribution in [0, 0.1) is 17.2 Å². The van der Waals surface area contributed by atoms with Crippen molar-refractivity contribution in [3.8, 4) is 6.07 Å². The number of carbonyl (C=O) groups excluding carboxylic acids is 2. The highest BCUT2D eigenvalue weighted by atomic mass is 16.2. The van der Waals surface area contributed by atoms with Gasteiger partial charge in [0.15, 0.2) is 0 Å². The fourth-order valence-electron chi connectivity index (χ4n) is 4.01. The van der Waals surface area contributed by atoms with E-state index in [1.165, 1.54) is 5.56 Å². The third-order valence-electron chi connectivity index (χ3n) is 5.23. The SMILES string of the molecule is CC1Cc2ccccc2N1C(=O)C1CC(=O)N(c2ccccc2C#N)C1. The van der Waals surface area contributed by atoms with E-state index in [2.05, 4.69) is 6.07 Å². The van der Waals surface area contributed by atoms with Crippen LogP contribution in [0.1, 0.15) is 24.5 Å². The maximum Gasteiger partial charge on any atom is 0.232 e. The maximum absolute atomic E-state index is 13.2. The fourth-order valence-corrected chi connectivity index (χ4v) is 4.01. The highest BCUT2D eigenvalue weighted by Crippen LogP contribution is 2.35. The molecule has 2 aliphatic rings. The molecule has 130 valence electrons. The van der Waals surface area contributed by atoms with Gasteiger partial charge in [0.2, 0.25) is 11.8 Å². The Morgan fingerprint density at radius 1 is 1.08 bits per heavy atom. The van der Waals surface area contributed by atoms with Gasteiger partial charge in [0.25, 0.3) is 0 Å². The summed E-state index contributed by atoms with van der Waals surface area (Å²) >= 11 is 0. The Morgan fingerprint density at radius 3 is 2.54 bits per heavy atom. The Labute approximate surface area is 152 Å². The first-order valence-electron chi connectivity index (χ1n) is 8.80. The molecule has 0 spiro atoms. The number of benzene rings is 2. The first kappa shape index (κ1) is 16.3. The molecule has 0 N–H and O–H groups in total. The van der Waals surface area contributed by atoms with Gasteiger partial charge in [-0.3, -0.25) is 9.59 Å². The van der Waals surface area contributed by atoms with Gasteiger partial charge in [-0.15, -0.1) is 0 Å². The molecule has 2 atom stereocenters. The van der Waals surface area contributed by atoms with Crippen molar-refractivity contribution in [1.82, 2.24) is 0 Å². The summed E-state index contributed by atoms with van der Waals surface area (Å²) in [7, 11) is 0. The quantitative estimate of drug-likeness (QED) is 0.841. The van der Waals surface area contributed by atoms with E-state index in [4.69, 9.17) is 0 Å². The number of amides is 2. The van der Waals surface area contributed by atoms with Crippen LogP contribution in [0.4, 0.5) is 11.4 Å². The molecule has 5 heteroatoms. The number of anilines is 2. The van der Waals surface area contributed by atoms with E-state index in [1.807, 2.05) is 36.1 Å². The summed E-state index contributed by atoms with van der Waals surface area (Å²) in [6.45, 7) is 2.36. The minimum atomic E-state index is -0.386. The smallest absolute Gasteiger partial charge is 0.232 e. The van der Waals surface area contributed by atoms with Crippen molar-refractivity contribution in [2.24, 2.45) is 5.92 Å². The zero-order valence-corrected chi connectivity index (χ0v) is 14.6. The monoisotopic (exact) mass is 345 g/mol. The van der Waals surface area contributed by atoms with Crippen molar-refractivity contribution in [1.29, 1.82) is 5.26 Å². The van der Waals surface area contributed by atoms with Crippen LogP contribution in [0.15, 0.2) is 48.5 Å². The lowest BCUT2D eigenvalue weighted by Gasteiger charge is -2.26. The number of nitriles is 1. The molecule has 2 amide bonds. The Hall–Kier alpha value is -3.13. The summed E-state index contributed by atoms with van der Waals surface area (Å²) in [5, 5.41) is 9.29. The fraction of sp³-hybridized carbons (Fsp3) is 0.286. The van der Waals surface area contributed by atoms with Crippen LogP contribution in [0.3, 0.4) is 0 Å². The Balaban J connectivity index is 1.60. The van der Waals surface area contributed by atoms with Crippen LogP contribution >= 0.6 is 0 Å². The van der Waals surface area contributed by atoms with Crippen molar-refractivity contribution in [2.45, 2.75) is 25.8 Å². The third-order valence-corrected chi connectivity index (χ3v) is 5.23. The first-order valence-corrected chi connectivity index (χ1v) is 8.80. The van der Waals surface area contributed by atoms with Gasteiger partial charge >= 0.3 is 0 Å². The van der Waals surface area contributed by atoms with Gasteiger partial charge < -0.3 is 9.80 Å². The summed E-state index contributed by atoms with van der Waals surface area (Å²) in [5.41, 5.74) is 3.16. The average molecular weight is 345 g/mol. The Bertz CT molecular complexity index is 931. The lowest BCUT2D eigenvalue weighted by molar-refractivity contribution is -0.124. The van der Waals surface area contributed by atoms with Crippen LogP contribution < -0.4 is 9.80 Å². The summed E-state index contributed by atoms with van der Waals surface area (Å²) < 4.78 is 0. The maximum atomic E-state index is 13.2. The molecule has 0 bridgehead atoms. The zero-order chi connectivity index (χ0) is 18.3. The second-order valence-corrected chi connectivity index (χ2v) is 6.92. The number of hydrogen-bond donors (Lipinski definition) is 0. The number of fused-ring (bicyclic) bond motifs is 1. The topological polar surface area (TPSA) is 64.4 Å². The van der Waals surface area contributed by atoms with Gasteiger partial charge in [0.05, 0.1) is 17.2 Å². The van der Waals surface area contributed by atoms with Crippen molar-refractivity contribution < 1.29 is 9.59 Å². The third kappa shape index (κ3) is 2.55. The van der Waals surface area contributed by atoms with Crippen molar-refractivity contribution in [2.75, 3.05) is 16.3 Å². The zero-order valence-electron chi connectivity index (χ0n) is 14.6. The van der Waals surface area contributed by atoms with Gasteiger partial charge in [-0.2, -0.15) is 5.26 Å². The van der Waals surface area contributed by atoms with Crippen LogP contribution in [-0.2, 0) is 16.0 Å². The highest BCUT2D eigenvalue weighted by molar-refractivity contribution is 6.05. The Morgan fingerprint density at radius 2 is 1.77 bits per heavy atom. The molecular formula is C21H19N3O2. The van der Waals surface area contributed by atoms with E-state index in [1.54, 1.807) is 29.2 Å². The van der Waals surface area contributed by atoms with Gasteiger partial charge in [-0.25, -0.2) is 0 Å². The summed E-state index contributed by atoms with van der Waals surface area (Å²) in [4.78, 5) is 29.1. The predicted octanol–water partition coefficient (Wildman–Crippen LogP) is 2.89. The molecule has 2 aliphatic heterocycles. The van der Waals surface area contributed by atoms with Crippen molar-refractivity contribution in [3.05, 3.63) is 59.7 Å². The first-order chi connectivity index (χ1) is 12.6. The molecule has 2 heterocycles. The molecule has 1 saturated heterocycles. The second-order valence-electron chi connectivity index (χ2n) is 6.92. The Kier molecular flexibility index (Phi) is 3.96. The number of nitrogens with zero attached hydrogens (tertiary/aromatic N) is 3. The normalized spacial score (nSPS) is 21.6. The molecular weight excluding hydrogens is 326 g/mol. The number of hydrogen-bond acceptors (Lipinski definition) is 3. The second kappa shape index (κ2) is 6.30. The lowest BCUT2D eigenvalue weighted by Crippen LogP contribution is -2.41. The molecule has 26 heavy (non-hydrogen) atoms. The van der Waals surface area contributed by atoms with Gasteiger partial charge in [0, 0.05) is 24.7 Å². The van der Waals surface area contributed by atoms with Crippen molar-refractivity contribution in [3.63, 3.8) is 0 Å². The van der Waals surface area contributed by atoms with Crippen molar-refractivity contribution >= 4 is 23.2 Å². The van der Waals surface area contributed by atoms with Crippen LogP contribution in [-0.4, -0.2) is 24.4 Å². The molecule has 0 aliphatic carbocycles. The van der Waals surface area contributed by atoms with Gasteiger partial charge in [0.1, 0.15) is 6.07 Å². The van der Waals surface area contributed by atoms with E-state index in [-0.39, 0.29) is 30.2 Å². The minimum absolute atomic E-state index is 0.00672. The number of para-hydroxylation sites is 2. The number of rotatable bonds is 2. The van der Waals surface area contributed by atoms with E-state index >= 15 is 0 Å². The molecule has 2 aromatic rings. The lowest BCUT2D eigenvalue weighted by atomic mass is 10.1. The summed E-state index contributed by atoms with van der Waals surface area (Å²) in [6.07, 6.45) is 1.02. The molecule has 0 aromatic heterocycles. The summed E-state index contributed by atoms with van der Waals surface area (Å²) in [6, 6.07) is 17.2. The molecule has 2 unspecified atom stereocenters. The van der Waals surface area contributed by atoms with Gasteiger partial charge in [-0.05, 0) is 37.1 Å². The molecule has 0 saturated carbocycles. The largest absolute Gasteiger partial charge is 0.310 e. The van der Waals surface area contributed by atoms with Crippen LogP contribution in [0.2, 0.25) is 0 Å². The van der Waals surface area contributed by atoms with Crippen LogP contribution in [0.25, 0.3) is 0 Å². The minimum Gasteiger partial charge on any atom is -0.310 e.